The van der Waals surface area contributed by atoms with Gasteiger partial charge >= 0.3 is 0 Å². The van der Waals surface area contributed by atoms with Crippen LogP contribution in [-0.4, -0.2) is 54.0 Å². The highest BCUT2D eigenvalue weighted by Crippen LogP contribution is 2.21. The normalized spacial score (nSPS) is 22.3. The summed E-state index contributed by atoms with van der Waals surface area (Å²) in [5.41, 5.74) is 5.95. The van der Waals surface area contributed by atoms with E-state index in [2.05, 4.69) is 4.90 Å². The summed E-state index contributed by atoms with van der Waals surface area (Å²) in [7, 11) is 0. The molecular weight excluding hydrogens is 297 g/mol. The van der Waals surface area contributed by atoms with Crippen LogP contribution in [0.15, 0.2) is 0 Å². The molecule has 0 spiro atoms. The molecule has 0 aromatic carbocycles. The molecule has 1 amide bonds. The molecule has 6 heteroatoms. The highest BCUT2D eigenvalue weighted by Gasteiger charge is 2.30. The van der Waals surface area contributed by atoms with Crippen molar-refractivity contribution in [3.63, 3.8) is 0 Å². The monoisotopic (exact) mass is 325 g/mol. The predicted molar refractivity (Wildman–Crippen MR) is 87.7 cm³/mol. The van der Waals surface area contributed by atoms with E-state index < -0.39 is 0 Å². The maximum Gasteiger partial charge on any atom is 0.239 e. The summed E-state index contributed by atoms with van der Waals surface area (Å²) < 4.78 is 0. The number of hydrogen-bond donors (Lipinski definition) is 1. The highest BCUT2D eigenvalue weighted by atomic mass is 35.5. The van der Waals surface area contributed by atoms with Crippen molar-refractivity contribution < 1.29 is 4.79 Å². The van der Waals surface area contributed by atoms with Gasteiger partial charge in [0.2, 0.25) is 5.91 Å². The first-order chi connectivity index (χ1) is 8.59. The summed E-state index contributed by atoms with van der Waals surface area (Å²) in [6, 6.07) is 0.375. The molecule has 2 fully saturated rings. The third-order valence-electron chi connectivity index (χ3n) is 4.44. The lowest BCUT2D eigenvalue weighted by Gasteiger charge is -2.38. The van der Waals surface area contributed by atoms with Crippen molar-refractivity contribution >= 4 is 30.7 Å². The third kappa shape index (κ3) is 4.76. The van der Waals surface area contributed by atoms with Crippen LogP contribution in [0.1, 0.15) is 39.5 Å². The van der Waals surface area contributed by atoms with Crippen molar-refractivity contribution in [1.29, 1.82) is 0 Å². The number of likely N-dealkylation sites (tertiary alicyclic amines) is 2. The van der Waals surface area contributed by atoms with Crippen molar-refractivity contribution in [2.24, 2.45) is 11.7 Å². The first-order valence-corrected chi connectivity index (χ1v) is 7.38. The Kier molecular flexibility index (Phi) is 9.07. The van der Waals surface area contributed by atoms with Crippen LogP contribution < -0.4 is 5.73 Å². The number of piperidine rings is 1. The lowest BCUT2D eigenvalue weighted by atomic mass is 9.99. The maximum absolute atomic E-state index is 12.2. The lowest BCUT2D eigenvalue weighted by molar-refractivity contribution is -0.135. The van der Waals surface area contributed by atoms with Crippen LogP contribution in [0.3, 0.4) is 0 Å². The Bertz CT molecular complexity index is 288. The van der Waals surface area contributed by atoms with Gasteiger partial charge in [-0.25, -0.2) is 0 Å². The van der Waals surface area contributed by atoms with E-state index >= 15 is 0 Å². The van der Waals surface area contributed by atoms with Gasteiger partial charge in [0.15, 0.2) is 0 Å². The molecule has 120 valence electrons. The summed E-state index contributed by atoms with van der Waals surface area (Å²) in [5, 5.41) is 0. The number of rotatable bonds is 3. The number of nitrogens with two attached hydrogens (primary N) is 1. The van der Waals surface area contributed by atoms with Crippen LogP contribution in [0, 0.1) is 5.92 Å². The number of nitrogens with zero attached hydrogens (tertiary/aromatic N) is 2. The van der Waals surface area contributed by atoms with E-state index in [-0.39, 0.29) is 42.7 Å². The van der Waals surface area contributed by atoms with Crippen molar-refractivity contribution in [3.8, 4) is 0 Å². The Labute approximate surface area is 135 Å². The summed E-state index contributed by atoms with van der Waals surface area (Å²) >= 11 is 0. The second-order valence-corrected chi connectivity index (χ2v) is 6.07. The van der Waals surface area contributed by atoms with Gasteiger partial charge in [-0.05, 0) is 44.7 Å². The Hall–Kier alpha value is -0.0300. The fourth-order valence-corrected chi connectivity index (χ4v) is 3.05. The Morgan fingerprint density at radius 1 is 1.05 bits per heavy atom. The quantitative estimate of drug-likeness (QED) is 0.862. The van der Waals surface area contributed by atoms with Gasteiger partial charge in [-0.3, -0.25) is 4.79 Å². The second-order valence-electron chi connectivity index (χ2n) is 6.07. The molecule has 2 aliphatic rings. The van der Waals surface area contributed by atoms with E-state index in [0.29, 0.717) is 6.04 Å². The molecule has 1 atom stereocenters. The minimum absolute atomic E-state index is 0. The van der Waals surface area contributed by atoms with Gasteiger partial charge in [-0.1, -0.05) is 13.8 Å². The predicted octanol–water partition coefficient (Wildman–Crippen LogP) is 1.90. The molecule has 0 unspecified atom stereocenters. The standard InChI is InChI=1S/C14H27N3O.2ClH/c1-11(2)13(15)14(18)17-9-5-12(6-10-17)16-7-3-4-8-16;;/h11-13H,3-10,15H2,1-2H3;2*1H/t13-;;/m0../s1. The van der Waals surface area contributed by atoms with Crippen LogP contribution in [0.4, 0.5) is 0 Å². The van der Waals surface area contributed by atoms with Crippen molar-refractivity contribution in [1.82, 2.24) is 9.80 Å². The molecule has 2 rings (SSSR count). The number of halogens is 2. The Balaban J connectivity index is 0.00000180. The molecule has 20 heavy (non-hydrogen) atoms. The molecule has 2 heterocycles. The van der Waals surface area contributed by atoms with Gasteiger partial charge in [0.05, 0.1) is 6.04 Å². The second kappa shape index (κ2) is 9.08. The van der Waals surface area contributed by atoms with E-state index in [1.165, 1.54) is 25.9 Å². The SMILES string of the molecule is CC(C)[C@H](N)C(=O)N1CCC(N2CCCC2)CC1.Cl.Cl. The minimum Gasteiger partial charge on any atom is -0.341 e. The van der Waals surface area contributed by atoms with Gasteiger partial charge in [-0.15, -0.1) is 24.8 Å². The average Bonchev–Trinajstić information content (AvgIpc) is 2.91. The van der Waals surface area contributed by atoms with Crippen LogP contribution in [0.2, 0.25) is 0 Å². The average molecular weight is 326 g/mol. The number of carbonyl (C=O) groups is 1. The summed E-state index contributed by atoms with van der Waals surface area (Å²) in [6.45, 7) is 8.31. The molecule has 0 saturated carbocycles. The van der Waals surface area contributed by atoms with Crippen LogP contribution in [-0.2, 0) is 4.79 Å². The molecule has 2 N–H and O–H groups in total. The van der Waals surface area contributed by atoms with Crippen LogP contribution in [0.25, 0.3) is 0 Å². The molecule has 0 aromatic heterocycles. The molecule has 0 aliphatic carbocycles. The van der Waals surface area contributed by atoms with Crippen LogP contribution >= 0.6 is 24.8 Å². The zero-order valence-corrected chi connectivity index (χ0v) is 14.2. The van der Waals surface area contributed by atoms with E-state index in [9.17, 15) is 4.79 Å². The topological polar surface area (TPSA) is 49.6 Å². The van der Waals surface area contributed by atoms with E-state index in [1.54, 1.807) is 0 Å². The van der Waals surface area contributed by atoms with Crippen molar-refractivity contribution in [2.45, 2.75) is 51.6 Å². The van der Waals surface area contributed by atoms with Gasteiger partial charge in [0, 0.05) is 19.1 Å². The summed E-state index contributed by atoms with van der Waals surface area (Å²) in [5.74, 6) is 0.374. The van der Waals surface area contributed by atoms with Crippen molar-refractivity contribution in [3.05, 3.63) is 0 Å². The van der Waals surface area contributed by atoms with Gasteiger partial charge in [0.1, 0.15) is 0 Å². The molecule has 0 radical (unpaired) electrons. The Morgan fingerprint density at radius 2 is 1.55 bits per heavy atom. The smallest absolute Gasteiger partial charge is 0.239 e. The number of carbonyl (C=O) groups excluding carboxylic acids is 1. The zero-order valence-electron chi connectivity index (χ0n) is 12.6. The fourth-order valence-electron chi connectivity index (χ4n) is 3.05. The van der Waals surface area contributed by atoms with Gasteiger partial charge < -0.3 is 15.5 Å². The largest absolute Gasteiger partial charge is 0.341 e. The van der Waals surface area contributed by atoms with Gasteiger partial charge in [0.25, 0.3) is 0 Å². The van der Waals surface area contributed by atoms with E-state index in [1.807, 2.05) is 18.7 Å². The molecule has 0 aromatic rings. The first-order valence-electron chi connectivity index (χ1n) is 7.38. The first kappa shape index (κ1) is 20.0. The third-order valence-corrected chi connectivity index (χ3v) is 4.44. The molecule has 2 saturated heterocycles. The van der Waals surface area contributed by atoms with Crippen LogP contribution in [0.5, 0.6) is 0 Å². The van der Waals surface area contributed by atoms with E-state index in [4.69, 9.17) is 5.73 Å². The lowest BCUT2D eigenvalue weighted by Crippen LogP contribution is -2.52. The zero-order chi connectivity index (χ0) is 13.1. The van der Waals surface area contributed by atoms with Gasteiger partial charge in [-0.2, -0.15) is 0 Å². The Morgan fingerprint density at radius 3 is 2.00 bits per heavy atom. The molecular formula is C14H29Cl2N3O. The number of hydrogen-bond acceptors (Lipinski definition) is 3. The number of amides is 1. The maximum atomic E-state index is 12.2. The fraction of sp³-hybridized carbons (Fsp3) is 0.929. The molecule has 2 aliphatic heterocycles. The molecule has 4 nitrogen and oxygen atoms in total. The highest BCUT2D eigenvalue weighted by molar-refractivity contribution is 5.85. The minimum atomic E-state index is -0.326. The summed E-state index contributed by atoms with van der Waals surface area (Å²) in [6.07, 6.45) is 4.93. The molecule has 0 bridgehead atoms. The van der Waals surface area contributed by atoms with E-state index in [0.717, 1.165) is 25.9 Å². The van der Waals surface area contributed by atoms with Crippen molar-refractivity contribution in [2.75, 3.05) is 26.2 Å². The summed E-state index contributed by atoms with van der Waals surface area (Å²) in [4.78, 5) is 16.7.